The summed E-state index contributed by atoms with van der Waals surface area (Å²) in [7, 11) is 0. The van der Waals surface area contributed by atoms with E-state index in [0.717, 1.165) is 76.5 Å². The highest BCUT2D eigenvalue weighted by Crippen LogP contribution is 2.22. The van der Waals surface area contributed by atoms with Crippen LogP contribution in [0.2, 0.25) is 5.02 Å². The van der Waals surface area contributed by atoms with Gasteiger partial charge in [0.15, 0.2) is 0 Å². The fraction of sp³-hybridized carbons (Fsp3) is 0.310. The summed E-state index contributed by atoms with van der Waals surface area (Å²) in [6.45, 7) is 5.93. The number of para-hydroxylation sites is 2. The van der Waals surface area contributed by atoms with Gasteiger partial charge in [0.05, 0.1) is 17.6 Å². The summed E-state index contributed by atoms with van der Waals surface area (Å²) in [5.41, 5.74) is 4.95. The van der Waals surface area contributed by atoms with Gasteiger partial charge in [0.25, 0.3) is 5.91 Å². The van der Waals surface area contributed by atoms with E-state index in [1.807, 2.05) is 68.4 Å². The molecular formula is C29H32ClN3O2. The van der Waals surface area contributed by atoms with Crippen molar-refractivity contribution in [1.29, 1.82) is 0 Å². The molecule has 0 radical (unpaired) electrons. The van der Waals surface area contributed by atoms with Gasteiger partial charge in [-0.05, 0) is 74.7 Å². The molecule has 0 aliphatic heterocycles. The summed E-state index contributed by atoms with van der Waals surface area (Å²) in [5.74, 6) is 1.89. The molecule has 0 unspecified atom stereocenters. The standard InChI is InChI=1S/C29H32ClN3O2/c1-21-9-8-10-23(19-21)29(34)31-16-7-3-4-13-28-32-26-11-5-6-12-27(26)33(28)17-18-35-24-14-15-25(30)22(2)20-24/h5-6,8-12,14-15,19-20H,3-4,7,13,16-18H2,1-2H3,(H,31,34). The van der Waals surface area contributed by atoms with Crippen LogP contribution >= 0.6 is 11.6 Å². The van der Waals surface area contributed by atoms with Crippen LogP contribution in [0.15, 0.2) is 66.7 Å². The van der Waals surface area contributed by atoms with Crippen LogP contribution in [0.1, 0.15) is 46.6 Å². The third-order valence-corrected chi connectivity index (χ3v) is 6.51. The Labute approximate surface area is 212 Å². The molecule has 6 heteroatoms. The van der Waals surface area contributed by atoms with E-state index in [2.05, 4.69) is 22.0 Å². The molecule has 1 aromatic heterocycles. The number of hydrogen-bond acceptors (Lipinski definition) is 3. The molecule has 5 nitrogen and oxygen atoms in total. The number of unbranched alkanes of at least 4 members (excludes halogenated alkanes) is 2. The number of benzene rings is 3. The Bertz CT molecular complexity index is 1300. The number of ether oxygens (including phenoxy) is 1. The number of amides is 1. The van der Waals surface area contributed by atoms with E-state index in [4.69, 9.17) is 21.3 Å². The Balaban J connectivity index is 1.28. The smallest absolute Gasteiger partial charge is 0.251 e. The first kappa shape index (κ1) is 24.8. The predicted octanol–water partition coefficient (Wildman–Crippen LogP) is 6.53. The van der Waals surface area contributed by atoms with Crippen molar-refractivity contribution in [3.63, 3.8) is 0 Å². The van der Waals surface area contributed by atoms with Crippen molar-refractivity contribution in [3.8, 4) is 5.75 Å². The molecule has 35 heavy (non-hydrogen) atoms. The van der Waals surface area contributed by atoms with Crippen LogP contribution in [0, 0.1) is 13.8 Å². The minimum Gasteiger partial charge on any atom is -0.492 e. The highest BCUT2D eigenvalue weighted by Gasteiger charge is 2.11. The summed E-state index contributed by atoms with van der Waals surface area (Å²) >= 11 is 6.12. The first-order valence-corrected chi connectivity index (χ1v) is 12.6. The Hall–Kier alpha value is -3.31. The molecule has 4 rings (SSSR count). The molecule has 182 valence electrons. The number of rotatable bonds is 11. The van der Waals surface area contributed by atoms with Gasteiger partial charge in [-0.15, -0.1) is 0 Å². The fourth-order valence-electron chi connectivity index (χ4n) is 4.20. The van der Waals surface area contributed by atoms with Crippen LogP contribution in [0.4, 0.5) is 0 Å². The lowest BCUT2D eigenvalue weighted by Crippen LogP contribution is -2.24. The minimum absolute atomic E-state index is 0.00799. The van der Waals surface area contributed by atoms with Crippen LogP contribution in [0.5, 0.6) is 5.75 Å². The number of nitrogens with zero attached hydrogens (tertiary/aromatic N) is 2. The summed E-state index contributed by atoms with van der Waals surface area (Å²) < 4.78 is 8.26. The van der Waals surface area contributed by atoms with Crippen molar-refractivity contribution in [1.82, 2.24) is 14.9 Å². The SMILES string of the molecule is Cc1cccc(C(=O)NCCCCCc2nc3ccccc3n2CCOc2ccc(Cl)c(C)c2)c1. The molecule has 1 amide bonds. The molecule has 0 aliphatic carbocycles. The lowest BCUT2D eigenvalue weighted by molar-refractivity contribution is 0.0953. The average molecular weight is 490 g/mol. The highest BCUT2D eigenvalue weighted by atomic mass is 35.5. The molecule has 0 fully saturated rings. The zero-order chi connectivity index (χ0) is 24.6. The number of fused-ring (bicyclic) bond motifs is 1. The third kappa shape index (κ3) is 6.64. The van der Waals surface area contributed by atoms with E-state index in [0.29, 0.717) is 13.2 Å². The van der Waals surface area contributed by atoms with Gasteiger partial charge in [0.2, 0.25) is 0 Å². The summed E-state index contributed by atoms with van der Waals surface area (Å²) in [4.78, 5) is 17.2. The summed E-state index contributed by atoms with van der Waals surface area (Å²) in [6.07, 6.45) is 3.87. The Morgan fingerprint density at radius 1 is 1.00 bits per heavy atom. The van der Waals surface area contributed by atoms with Gasteiger partial charge in [-0.2, -0.15) is 0 Å². The normalized spacial score (nSPS) is 11.1. The summed E-state index contributed by atoms with van der Waals surface area (Å²) in [6, 6.07) is 21.6. The molecule has 0 saturated carbocycles. The molecule has 4 aromatic rings. The summed E-state index contributed by atoms with van der Waals surface area (Å²) in [5, 5.41) is 3.77. The van der Waals surface area contributed by atoms with E-state index in [-0.39, 0.29) is 5.91 Å². The van der Waals surface area contributed by atoms with E-state index < -0.39 is 0 Å². The molecule has 0 saturated heterocycles. The van der Waals surface area contributed by atoms with Gasteiger partial charge in [-0.25, -0.2) is 4.98 Å². The van der Waals surface area contributed by atoms with Crippen molar-refractivity contribution in [2.45, 2.75) is 46.1 Å². The number of carbonyl (C=O) groups excluding carboxylic acids is 1. The minimum atomic E-state index is -0.00799. The first-order chi connectivity index (χ1) is 17.0. The second-order valence-electron chi connectivity index (χ2n) is 8.86. The van der Waals surface area contributed by atoms with Crippen molar-refractivity contribution in [2.24, 2.45) is 0 Å². The van der Waals surface area contributed by atoms with Crippen LogP contribution < -0.4 is 10.1 Å². The van der Waals surface area contributed by atoms with Crippen molar-refractivity contribution in [3.05, 3.63) is 94.3 Å². The maximum absolute atomic E-state index is 12.3. The maximum atomic E-state index is 12.3. The molecule has 3 aromatic carbocycles. The van der Waals surface area contributed by atoms with Gasteiger partial charge < -0.3 is 14.6 Å². The van der Waals surface area contributed by atoms with Gasteiger partial charge in [-0.1, -0.05) is 47.9 Å². The van der Waals surface area contributed by atoms with Crippen LogP contribution in [-0.2, 0) is 13.0 Å². The topological polar surface area (TPSA) is 56.2 Å². The van der Waals surface area contributed by atoms with Gasteiger partial charge in [-0.3, -0.25) is 4.79 Å². The lowest BCUT2D eigenvalue weighted by atomic mass is 10.1. The van der Waals surface area contributed by atoms with Crippen LogP contribution in [-0.4, -0.2) is 28.6 Å². The molecule has 0 atom stereocenters. The predicted molar refractivity (Wildman–Crippen MR) is 142 cm³/mol. The Morgan fingerprint density at radius 3 is 2.69 bits per heavy atom. The number of halogens is 1. The van der Waals surface area contributed by atoms with Crippen molar-refractivity contribution < 1.29 is 9.53 Å². The van der Waals surface area contributed by atoms with E-state index in [1.165, 1.54) is 0 Å². The number of aryl methyl sites for hydroxylation is 3. The number of hydrogen-bond donors (Lipinski definition) is 1. The Morgan fingerprint density at radius 2 is 1.86 bits per heavy atom. The number of nitrogens with one attached hydrogen (secondary N) is 1. The molecular weight excluding hydrogens is 458 g/mol. The average Bonchev–Trinajstić information content (AvgIpc) is 3.20. The monoisotopic (exact) mass is 489 g/mol. The largest absolute Gasteiger partial charge is 0.492 e. The molecule has 1 N–H and O–H groups in total. The number of carbonyl (C=O) groups is 1. The van der Waals surface area contributed by atoms with Crippen LogP contribution in [0.3, 0.4) is 0 Å². The molecule has 0 aliphatic rings. The van der Waals surface area contributed by atoms with E-state index in [1.54, 1.807) is 0 Å². The first-order valence-electron chi connectivity index (χ1n) is 12.2. The maximum Gasteiger partial charge on any atom is 0.251 e. The number of imidazole rings is 1. The number of aromatic nitrogens is 2. The van der Waals surface area contributed by atoms with Crippen molar-refractivity contribution >= 4 is 28.5 Å². The van der Waals surface area contributed by atoms with Gasteiger partial charge >= 0.3 is 0 Å². The fourth-order valence-corrected chi connectivity index (χ4v) is 4.32. The van der Waals surface area contributed by atoms with Gasteiger partial charge in [0.1, 0.15) is 18.2 Å². The molecule has 1 heterocycles. The van der Waals surface area contributed by atoms with Crippen LogP contribution in [0.25, 0.3) is 11.0 Å². The zero-order valence-corrected chi connectivity index (χ0v) is 21.1. The third-order valence-electron chi connectivity index (χ3n) is 6.09. The van der Waals surface area contributed by atoms with E-state index >= 15 is 0 Å². The lowest BCUT2D eigenvalue weighted by Gasteiger charge is -2.12. The highest BCUT2D eigenvalue weighted by molar-refractivity contribution is 6.31. The molecule has 0 spiro atoms. The second kappa shape index (κ2) is 11.9. The molecule has 0 bridgehead atoms. The van der Waals surface area contributed by atoms with Gasteiger partial charge in [0, 0.05) is 23.6 Å². The van der Waals surface area contributed by atoms with E-state index in [9.17, 15) is 4.79 Å². The Kier molecular flexibility index (Phi) is 8.43. The zero-order valence-electron chi connectivity index (χ0n) is 20.4. The quantitative estimate of drug-likeness (QED) is 0.244. The van der Waals surface area contributed by atoms with Crippen molar-refractivity contribution in [2.75, 3.05) is 13.2 Å². The second-order valence-corrected chi connectivity index (χ2v) is 9.27.